The Morgan fingerprint density at radius 3 is 2.68 bits per heavy atom. The molecule has 1 aromatic rings. The Morgan fingerprint density at radius 2 is 2.00 bits per heavy atom. The van der Waals surface area contributed by atoms with E-state index in [4.69, 9.17) is 4.74 Å². The van der Waals surface area contributed by atoms with Gasteiger partial charge in [-0.1, -0.05) is 37.3 Å². The first-order valence-corrected chi connectivity index (χ1v) is 7.32. The number of hydrogen-bond acceptors (Lipinski definition) is 3. The third-order valence-corrected chi connectivity index (χ3v) is 3.11. The summed E-state index contributed by atoms with van der Waals surface area (Å²) in [7, 11) is 0. The molecule has 0 spiro atoms. The van der Waals surface area contributed by atoms with Gasteiger partial charge in [-0.05, 0) is 37.8 Å². The third-order valence-electron chi connectivity index (χ3n) is 3.11. The van der Waals surface area contributed by atoms with Gasteiger partial charge in [0.15, 0.2) is 0 Å². The molecule has 0 aliphatic rings. The van der Waals surface area contributed by atoms with Gasteiger partial charge in [-0.3, -0.25) is 0 Å². The minimum absolute atomic E-state index is 0.175. The lowest BCUT2D eigenvalue weighted by Gasteiger charge is -2.15. The van der Waals surface area contributed by atoms with Gasteiger partial charge in [-0.2, -0.15) is 0 Å². The Labute approximate surface area is 117 Å². The van der Waals surface area contributed by atoms with Crippen LogP contribution in [0.4, 0.5) is 0 Å². The van der Waals surface area contributed by atoms with Crippen LogP contribution in [0.2, 0.25) is 0 Å². The number of benzene rings is 1. The zero-order valence-corrected chi connectivity index (χ0v) is 12.0. The molecule has 1 rings (SSSR count). The molecule has 0 fully saturated rings. The molecule has 0 amide bonds. The minimum Gasteiger partial charge on any atom is -0.395 e. The standard InChI is InChI=1S/C16H27NO2/c1-2-11-17-16(14-18)10-13-19-12-6-9-15-7-4-3-5-8-15/h3-5,7-8,16-18H,2,6,9-14H2,1H3. The van der Waals surface area contributed by atoms with Gasteiger partial charge in [-0.25, -0.2) is 0 Å². The molecular formula is C16H27NO2. The van der Waals surface area contributed by atoms with E-state index in [2.05, 4.69) is 36.5 Å². The Hall–Kier alpha value is -0.900. The van der Waals surface area contributed by atoms with Gasteiger partial charge in [0.1, 0.15) is 0 Å². The Morgan fingerprint density at radius 1 is 1.21 bits per heavy atom. The van der Waals surface area contributed by atoms with Crippen molar-refractivity contribution in [1.82, 2.24) is 5.32 Å². The Balaban J connectivity index is 1.98. The van der Waals surface area contributed by atoms with Gasteiger partial charge in [0, 0.05) is 19.3 Å². The number of aliphatic hydroxyl groups is 1. The smallest absolute Gasteiger partial charge is 0.0585 e. The second-order valence-corrected chi connectivity index (χ2v) is 4.82. The molecule has 0 aliphatic heterocycles. The van der Waals surface area contributed by atoms with Gasteiger partial charge in [0.2, 0.25) is 0 Å². The van der Waals surface area contributed by atoms with E-state index in [1.54, 1.807) is 0 Å². The monoisotopic (exact) mass is 265 g/mol. The fourth-order valence-electron chi connectivity index (χ4n) is 1.96. The summed E-state index contributed by atoms with van der Waals surface area (Å²) in [5.41, 5.74) is 1.36. The fraction of sp³-hybridized carbons (Fsp3) is 0.625. The zero-order chi connectivity index (χ0) is 13.8. The number of rotatable bonds is 11. The number of hydrogen-bond donors (Lipinski definition) is 2. The average Bonchev–Trinajstić information content (AvgIpc) is 2.47. The SMILES string of the molecule is CCCNC(CO)CCOCCCc1ccccc1. The Kier molecular flexibility index (Phi) is 9.33. The lowest BCUT2D eigenvalue weighted by molar-refractivity contribution is 0.112. The molecule has 108 valence electrons. The summed E-state index contributed by atoms with van der Waals surface area (Å²) in [6.07, 6.45) is 4.09. The summed E-state index contributed by atoms with van der Waals surface area (Å²) in [5.74, 6) is 0. The van der Waals surface area contributed by atoms with Crippen molar-refractivity contribution in [1.29, 1.82) is 0 Å². The molecule has 0 radical (unpaired) electrons. The van der Waals surface area contributed by atoms with Crippen LogP contribution in [0.1, 0.15) is 31.7 Å². The summed E-state index contributed by atoms with van der Waals surface area (Å²) in [6.45, 7) is 4.78. The van der Waals surface area contributed by atoms with Crippen LogP contribution < -0.4 is 5.32 Å². The van der Waals surface area contributed by atoms with Gasteiger partial charge >= 0.3 is 0 Å². The van der Waals surface area contributed by atoms with Crippen LogP contribution in [-0.4, -0.2) is 37.5 Å². The number of aliphatic hydroxyl groups excluding tert-OH is 1. The van der Waals surface area contributed by atoms with Crippen molar-refractivity contribution in [2.75, 3.05) is 26.4 Å². The normalized spacial score (nSPS) is 12.5. The van der Waals surface area contributed by atoms with E-state index in [0.29, 0.717) is 0 Å². The maximum Gasteiger partial charge on any atom is 0.0585 e. The van der Waals surface area contributed by atoms with Crippen molar-refractivity contribution in [3.05, 3.63) is 35.9 Å². The van der Waals surface area contributed by atoms with Crippen molar-refractivity contribution in [3.8, 4) is 0 Å². The van der Waals surface area contributed by atoms with Crippen LogP contribution in [0.3, 0.4) is 0 Å². The van der Waals surface area contributed by atoms with E-state index in [0.717, 1.165) is 45.4 Å². The zero-order valence-electron chi connectivity index (χ0n) is 12.0. The largest absolute Gasteiger partial charge is 0.395 e. The highest BCUT2D eigenvalue weighted by Crippen LogP contribution is 2.02. The highest BCUT2D eigenvalue weighted by atomic mass is 16.5. The van der Waals surface area contributed by atoms with Gasteiger partial charge in [0.25, 0.3) is 0 Å². The molecule has 1 aromatic carbocycles. The molecule has 3 nitrogen and oxygen atoms in total. The maximum atomic E-state index is 9.19. The van der Waals surface area contributed by atoms with Crippen molar-refractivity contribution in [2.24, 2.45) is 0 Å². The van der Waals surface area contributed by atoms with Crippen LogP contribution in [0.15, 0.2) is 30.3 Å². The average molecular weight is 265 g/mol. The number of nitrogens with one attached hydrogen (secondary N) is 1. The van der Waals surface area contributed by atoms with Crippen LogP contribution in [-0.2, 0) is 11.2 Å². The fourth-order valence-corrected chi connectivity index (χ4v) is 1.96. The predicted molar refractivity (Wildman–Crippen MR) is 79.4 cm³/mol. The van der Waals surface area contributed by atoms with E-state index in [9.17, 15) is 5.11 Å². The topological polar surface area (TPSA) is 41.5 Å². The summed E-state index contributed by atoms with van der Waals surface area (Å²) in [6, 6.07) is 10.7. The van der Waals surface area contributed by atoms with E-state index in [-0.39, 0.29) is 12.6 Å². The highest BCUT2D eigenvalue weighted by molar-refractivity contribution is 5.14. The number of ether oxygens (including phenoxy) is 1. The molecule has 0 aliphatic carbocycles. The Bertz CT molecular complexity index is 303. The van der Waals surface area contributed by atoms with Crippen LogP contribution in [0.5, 0.6) is 0 Å². The quantitative estimate of drug-likeness (QED) is 0.604. The minimum atomic E-state index is 0.175. The van der Waals surface area contributed by atoms with Crippen LogP contribution >= 0.6 is 0 Å². The van der Waals surface area contributed by atoms with E-state index >= 15 is 0 Å². The predicted octanol–water partition coefficient (Wildman–Crippen LogP) is 2.39. The van der Waals surface area contributed by atoms with Crippen molar-refractivity contribution >= 4 is 0 Å². The first-order valence-electron chi connectivity index (χ1n) is 7.32. The van der Waals surface area contributed by atoms with Gasteiger partial charge in [-0.15, -0.1) is 0 Å². The lowest BCUT2D eigenvalue weighted by Crippen LogP contribution is -2.34. The molecule has 19 heavy (non-hydrogen) atoms. The van der Waals surface area contributed by atoms with E-state index in [1.807, 2.05) is 6.07 Å². The summed E-state index contributed by atoms with van der Waals surface area (Å²) in [5, 5.41) is 12.5. The summed E-state index contributed by atoms with van der Waals surface area (Å²) < 4.78 is 5.62. The molecule has 1 atom stereocenters. The highest BCUT2D eigenvalue weighted by Gasteiger charge is 2.05. The van der Waals surface area contributed by atoms with Crippen LogP contribution in [0.25, 0.3) is 0 Å². The molecule has 2 N–H and O–H groups in total. The van der Waals surface area contributed by atoms with Gasteiger partial charge in [0.05, 0.1) is 6.61 Å². The number of aryl methyl sites for hydroxylation is 1. The maximum absolute atomic E-state index is 9.19. The molecular weight excluding hydrogens is 238 g/mol. The van der Waals surface area contributed by atoms with Gasteiger partial charge < -0.3 is 15.2 Å². The molecule has 0 saturated carbocycles. The first kappa shape index (κ1) is 16.2. The first-order chi connectivity index (χ1) is 9.36. The molecule has 3 heteroatoms. The lowest BCUT2D eigenvalue weighted by atomic mass is 10.1. The van der Waals surface area contributed by atoms with E-state index < -0.39 is 0 Å². The molecule has 1 unspecified atom stereocenters. The molecule has 0 bridgehead atoms. The summed E-state index contributed by atoms with van der Waals surface area (Å²) in [4.78, 5) is 0. The van der Waals surface area contributed by atoms with Crippen molar-refractivity contribution in [3.63, 3.8) is 0 Å². The molecule has 0 aromatic heterocycles. The summed E-state index contributed by atoms with van der Waals surface area (Å²) >= 11 is 0. The molecule has 0 heterocycles. The van der Waals surface area contributed by atoms with Crippen molar-refractivity contribution < 1.29 is 9.84 Å². The second kappa shape index (κ2) is 11.0. The van der Waals surface area contributed by atoms with E-state index in [1.165, 1.54) is 5.56 Å². The molecule has 0 saturated heterocycles. The van der Waals surface area contributed by atoms with Crippen molar-refractivity contribution in [2.45, 2.75) is 38.6 Å². The second-order valence-electron chi connectivity index (χ2n) is 4.82. The third kappa shape index (κ3) is 7.98. The van der Waals surface area contributed by atoms with Crippen LogP contribution in [0, 0.1) is 0 Å².